The monoisotopic (exact) mass is 252 g/mol. The minimum atomic E-state index is -1.09. The van der Waals surface area contributed by atoms with Crippen molar-refractivity contribution in [2.75, 3.05) is 14.1 Å². The Balaban J connectivity index is 3.05. The smallest absolute Gasteiger partial charge is 0.324 e. The van der Waals surface area contributed by atoms with Crippen molar-refractivity contribution in [3.63, 3.8) is 0 Å². The molecule has 0 saturated heterocycles. The first-order chi connectivity index (χ1) is 8.27. The lowest BCUT2D eigenvalue weighted by molar-refractivity contribution is -0.384. The Labute approximate surface area is 105 Å². The molecule has 18 heavy (non-hydrogen) atoms. The Bertz CT molecular complexity index is 473. The van der Waals surface area contributed by atoms with E-state index >= 15 is 0 Å². The molecule has 0 aliphatic rings. The Morgan fingerprint density at radius 1 is 1.50 bits per heavy atom. The highest BCUT2D eigenvalue weighted by Crippen LogP contribution is 2.21. The van der Waals surface area contributed by atoms with Crippen LogP contribution in [0.3, 0.4) is 0 Å². The van der Waals surface area contributed by atoms with Gasteiger partial charge < -0.3 is 5.11 Å². The maximum absolute atomic E-state index is 11.3. The number of nitro benzene ring substituents is 1. The number of carboxylic acids is 1. The van der Waals surface area contributed by atoms with Crippen molar-refractivity contribution in [2.45, 2.75) is 18.9 Å². The summed E-state index contributed by atoms with van der Waals surface area (Å²) >= 11 is 0. The molecule has 0 aliphatic heterocycles. The minimum Gasteiger partial charge on any atom is -0.480 e. The molecule has 0 aliphatic carbocycles. The van der Waals surface area contributed by atoms with Crippen molar-refractivity contribution < 1.29 is 14.8 Å². The van der Waals surface area contributed by atoms with E-state index in [0.717, 1.165) is 0 Å². The number of hydrogen-bond acceptors (Lipinski definition) is 4. The predicted molar refractivity (Wildman–Crippen MR) is 66.5 cm³/mol. The number of likely N-dealkylation sites (N-methyl/N-ethyl adjacent to an activating group) is 1. The molecule has 1 N–H and O–H groups in total. The zero-order chi connectivity index (χ0) is 13.9. The molecule has 98 valence electrons. The third-order valence-electron chi connectivity index (χ3n) is 3.12. The van der Waals surface area contributed by atoms with Gasteiger partial charge in [0.1, 0.15) is 5.54 Å². The number of nitrogens with zero attached hydrogens (tertiary/aromatic N) is 2. The average molecular weight is 252 g/mol. The fourth-order valence-corrected chi connectivity index (χ4v) is 1.60. The lowest BCUT2D eigenvalue weighted by Gasteiger charge is -2.32. The van der Waals surface area contributed by atoms with E-state index < -0.39 is 16.4 Å². The molecule has 0 saturated carbocycles. The van der Waals surface area contributed by atoms with Crippen molar-refractivity contribution in [3.05, 3.63) is 39.9 Å². The second-order valence-corrected chi connectivity index (χ2v) is 4.58. The molecular weight excluding hydrogens is 236 g/mol. The summed E-state index contributed by atoms with van der Waals surface area (Å²) in [6, 6.07) is 6.05. The SMILES string of the molecule is CN(C)C(C)(Cc1cccc([N+](=O)[O-])c1)C(=O)O. The molecule has 1 unspecified atom stereocenters. The van der Waals surface area contributed by atoms with Gasteiger partial charge in [-0.2, -0.15) is 0 Å². The quantitative estimate of drug-likeness (QED) is 0.634. The Hall–Kier alpha value is -1.95. The largest absolute Gasteiger partial charge is 0.480 e. The molecule has 0 amide bonds. The van der Waals surface area contributed by atoms with Crippen molar-refractivity contribution in [1.82, 2.24) is 4.90 Å². The molecule has 1 aromatic rings. The number of aliphatic carboxylic acids is 1. The van der Waals surface area contributed by atoms with Crippen LogP contribution in [0.25, 0.3) is 0 Å². The molecule has 0 fully saturated rings. The maximum atomic E-state index is 11.3. The Morgan fingerprint density at radius 3 is 2.56 bits per heavy atom. The number of benzene rings is 1. The standard InChI is InChI=1S/C12H16N2O4/c1-12(11(15)16,13(2)3)8-9-5-4-6-10(7-9)14(17)18/h4-7H,8H2,1-3H3,(H,15,16). The summed E-state index contributed by atoms with van der Waals surface area (Å²) in [6.07, 6.45) is 0.205. The second kappa shape index (κ2) is 5.14. The first-order valence-electron chi connectivity index (χ1n) is 5.41. The number of hydrogen-bond donors (Lipinski definition) is 1. The molecule has 1 rings (SSSR count). The summed E-state index contributed by atoms with van der Waals surface area (Å²) in [4.78, 5) is 23.1. The molecule has 1 aromatic carbocycles. The summed E-state index contributed by atoms with van der Waals surface area (Å²) in [6.45, 7) is 1.59. The summed E-state index contributed by atoms with van der Waals surface area (Å²) < 4.78 is 0. The van der Waals surface area contributed by atoms with Crippen molar-refractivity contribution in [3.8, 4) is 0 Å². The molecule has 0 aromatic heterocycles. The van der Waals surface area contributed by atoms with E-state index in [1.165, 1.54) is 12.1 Å². The van der Waals surface area contributed by atoms with Gasteiger partial charge in [0.25, 0.3) is 5.69 Å². The van der Waals surface area contributed by atoms with Gasteiger partial charge in [-0.3, -0.25) is 19.8 Å². The van der Waals surface area contributed by atoms with Crippen LogP contribution < -0.4 is 0 Å². The fraction of sp³-hybridized carbons (Fsp3) is 0.417. The van der Waals surface area contributed by atoms with Gasteiger partial charge in [0.05, 0.1) is 4.92 Å². The normalized spacial score (nSPS) is 14.2. The van der Waals surface area contributed by atoms with Crippen molar-refractivity contribution >= 4 is 11.7 Å². The van der Waals surface area contributed by atoms with Crippen LogP contribution in [-0.2, 0) is 11.2 Å². The van der Waals surface area contributed by atoms with E-state index in [2.05, 4.69) is 0 Å². The third-order valence-corrected chi connectivity index (χ3v) is 3.12. The highest BCUT2D eigenvalue weighted by Gasteiger charge is 2.35. The van der Waals surface area contributed by atoms with E-state index in [4.69, 9.17) is 0 Å². The summed E-state index contributed by atoms with van der Waals surface area (Å²) in [5.41, 5.74) is -0.489. The van der Waals surface area contributed by atoms with Gasteiger partial charge >= 0.3 is 5.97 Å². The summed E-state index contributed by atoms with van der Waals surface area (Å²) in [5.74, 6) is -0.959. The van der Waals surface area contributed by atoms with Gasteiger partial charge in [-0.25, -0.2) is 0 Å². The first-order valence-corrected chi connectivity index (χ1v) is 5.41. The van der Waals surface area contributed by atoms with Crippen LogP contribution in [0.5, 0.6) is 0 Å². The number of non-ortho nitro benzene ring substituents is 1. The Kier molecular flexibility index (Phi) is 4.03. The van der Waals surface area contributed by atoms with E-state index in [-0.39, 0.29) is 12.1 Å². The van der Waals surface area contributed by atoms with Gasteiger partial charge in [-0.15, -0.1) is 0 Å². The molecule has 0 radical (unpaired) electrons. The molecule has 0 spiro atoms. The summed E-state index contributed by atoms with van der Waals surface area (Å²) in [7, 11) is 3.34. The average Bonchev–Trinajstić information content (AvgIpc) is 2.28. The molecular formula is C12H16N2O4. The number of carbonyl (C=O) groups is 1. The maximum Gasteiger partial charge on any atom is 0.324 e. The highest BCUT2D eigenvalue weighted by molar-refractivity contribution is 5.78. The molecule has 1 atom stereocenters. The van der Waals surface area contributed by atoms with Gasteiger partial charge in [0.2, 0.25) is 0 Å². The van der Waals surface area contributed by atoms with Gasteiger partial charge in [0.15, 0.2) is 0 Å². The summed E-state index contributed by atoms with van der Waals surface area (Å²) in [5, 5.41) is 19.9. The van der Waals surface area contributed by atoms with E-state index in [1.807, 2.05) is 0 Å². The van der Waals surface area contributed by atoms with E-state index in [9.17, 15) is 20.0 Å². The van der Waals surface area contributed by atoms with Gasteiger partial charge in [-0.05, 0) is 26.6 Å². The number of rotatable bonds is 5. The number of carboxylic acid groups (broad SMARTS) is 1. The van der Waals surface area contributed by atoms with Crippen LogP contribution >= 0.6 is 0 Å². The van der Waals surface area contributed by atoms with E-state index in [1.54, 1.807) is 38.1 Å². The van der Waals surface area contributed by atoms with E-state index in [0.29, 0.717) is 5.56 Å². The topological polar surface area (TPSA) is 83.7 Å². The van der Waals surface area contributed by atoms with Crippen molar-refractivity contribution in [1.29, 1.82) is 0 Å². The zero-order valence-electron chi connectivity index (χ0n) is 10.6. The minimum absolute atomic E-state index is 0.0287. The zero-order valence-corrected chi connectivity index (χ0v) is 10.6. The van der Waals surface area contributed by atoms with Gasteiger partial charge in [0, 0.05) is 18.6 Å². The second-order valence-electron chi connectivity index (χ2n) is 4.58. The van der Waals surface area contributed by atoms with Crippen LogP contribution in [0.4, 0.5) is 5.69 Å². The number of nitro groups is 1. The van der Waals surface area contributed by atoms with Crippen LogP contribution in [0.15, 0.2) is 24.3 Å². The predicted octanol–water partition coefficient (Wildman–Crippen LogP) is 1.54. The third kappa shape index (κ3) is 2.84. The lowest BCUT2D eigenvalue weighted by Crippen LogP contribution is -2.50. The van der Waals surface area contributed by atoms with Crippen LogP contribution in [0.1, 0.15) is 12.5 Å². The van der Waals surface area contributed by atoms with Crippen molar-refractivity contribution in [2.24, 2.45) is 0 Å². The lowest BCUT2D eigenvalue weighted by atomic mass is 9.91. The molecule has 6 nitrogen and oxygen atoms in total. The molecule has 0 bridgehead atoms. The van der Waals surface area contributed by atoms with Gasteiger partial charge in [-0.1, -0.05) is 12.1 Å². The van der Waals surface area contributed by atoms with Crippen LogP contribution in [-0.4, -0.2) is 40.5 Å². The fourth-order valence-electron chi connectivity index (χ4n) is 1.60. The Morgan fingerprint density at radius 2 is 2.11 bits per heavy atom. The highest BCUT2D eigenvalue weighted by atomic mass is 16.6. The first kappa shape index (κ1) is 14.1. The molecule has 0 heterocycles. The molecule has 6 heteroatoms. The van der Waals surface area contributed by atoms with Crippen LogP contribution in [0, 0.1) is 10.1 Å². The van der Waals surface area contributed by atoms with Crippen LogP contribution in [0.2, 0.25) is 0 Å².